The van der Waals surface area contributed by atoms with Crippen LogP contribution in [0.5, 0.6) is 0 Å². The normalized spacial score (nSPS) is 16.6. The van der Waals surface area contributed by atoms with Gasteiger partial charge in [-0.25, -0.2) is 19.2 Å². The number of alkyl carbamates (subject to hydrolysis) is 1. The molecule has 1 aliphatic rings. The van der Waals surface area contributed by atoms with Crippen LogP contribution in [0.4, 0.5) is 4.79 Å². The van der Waals surface area contributed by atoms with Crippen molar-refractivity contribution in [1.29, 1.82) is 0 Å². The quantitative estimate of drug-likeness (QED) is 0.232. The first-order valence-electron chi connectivity index (χ1n) is 11.2. The Labute approximate surface area is 200 Å². The Morgan fingerprint density at radius 3 is 1.97 bits per heavy atom. The standard InChI is InChI=1S/C20H37N3O5.C2H2O4/c1-19(2,3)27-17(25)15-11-9-13-23(15)16(24)14(21)10-7-8-12-22-18(26)28-20(4,5)6;3-1(4)2(5)6/h14-15H,7-13,21H2,1-6H3,(H,22,26);(H,3,4)(H,5,6)/t14-,15-;/m0./s1. The predicted octanol–water partition coefficient (Wildman–Crippen LogP) is 1.50. The Balaban J connectivity index is 0.00000160. The maximum Gasteiger partial charge on any atom is 0.414 e. The topological polar surface area (TPSA) is 186 Å². The summed E-state index contributed by atoms with van der Waals surface area (Å²) in [4.78, 5) is 56.3. The Kier molecular flexibility index (Phi) is 12.6. The summed E-state index contributed by atoms with van der Waals surface area (Å²) in [5.74, 6) is -4.23. The molecule has 0 saturated carbocycles. The average Bonchev–Trinajstić information content (AvgIpc) is 3.14. The molecule has 1 saturated heterocycles. The molecule has 0 aromatic heterocycles. The maximum atomic E-state index is 12.7. The highest BCUT2D eigenvalue weighted by Crippen LogP contribution is 2.22. The van der Waals surface area contributed by atoms with Crippen molar-refractivity contribution in [2.75, 3.05) is 13.1 Å². The molecule has 34 heavy (non-hydrogen) atoms. The molecule has 0 spiro atoms. The molecule has 0 bridgehead atoms. The predicted molar refractivity (Wildman–Crippen MR) is 122 cm³/mol. The number of aliphatic carboxylic acids is 2. The summed E-state index contributed by atoms with van der Waals surface area (Å²) in [7, 11) is 0. The SMILES string of the molecule is CC(C)(C)OC(=O)NCCCC[C@H](N)C(=O)N1CCC[C@H]1C(=O)OC(C)(C)C.O=C(O)C(=O)O. The Hall–Kier alpha value is -2.89. The number of ether oxygens (including phenoxy) is 2. The summed E-state index contributed by atoms with van der Waals surface area (Å²) in [5, 5.41) is 17.5. The van der Waals surface area contributed by atoms with Gasteiger partial charge in [-0.15, -0.1) is 0 Å². The van der Waals surface area contributed by atoms with E-state index in [2.05, 4.69) is 5.32 Å². The molecule has 196 valence electrons. The number of carbonyl (C=O) groups is 5. The molecule has 5 N–H and O–H groups in total. The van der Waals surface area contributed by atoms with Crippen LogP contribution < -0.4 is 11.1 Å². The molecule has 1 fully saturated rings. The van der Waals surface area contributed by atoms with Gasteiger partial charge >= 0.3 is 24.0 Å². The molecule has 1 rings (SSSR count). The van der Waals surface area contributed by atoms with Gasteiger partial charge in [0.25, 0.3) is 0 Å². The monoisotopic (exact) mass is 489 g/mol. The van der Waals surface area contributed by atoms with Crippen LogP contribution in [-0.2, 0) is 28.7 Å². The summed E-state index contributed by atoms with van der Waals surface area (Å²) in [6.07, 6.45) is 2.79. The zero-order valence-corrected chi connectivity index (χ0v) is 20.9. The van der Waals surface area contributed by atoms with E-state index in [0.717, 1.165) is 6.42 Å². The number of esters is 1. The van der Waals surface area contributed by atoms with Gasteiger partial charge in [0, 0.05) is 13.1 Å². The Morgan fingerprint density at radius 1 is 0.971 bits per heavy atom. The van der Waals surface area contributed by atoms with Crippen molar-refractivity contribution in [3.05, 3.63) is 0 Å². The van der Waals surface area contributed by atoms with Crippen LogP contribution in [0.1, 0.15) is 73.6 Å². The molecule has 1 heterocycles. The number of likely N-dealkylation sites (tertiary alicyclic amines) is 1. The lowest BCUT2D eigenvalue weighted by Crippen LogP contribution is -2.49. The van der Waals surface area contributed by atoms with Gasteiger partial charge in [-0.2, -0.15) is 0 Å². The molecule has 2 atom stereocenters. The first-order chi connectivity index (χ1) is 15.4. The van der Waals surface area contributed by atoms with Crippen LogP contribution in [0, 0.1) is 0 Å². The number of rotatable bonds is 7. The highest BCUT2D eigenvalue weighted by Gasteiger charge is 2.38. The van der Waals surface area contributed by atoms with E-state index in [9.17, 15) is 14.4 Å². The van der Waals surface area contributed by atoms with Crippen LogP contribution in [0.2, 0.25) is 0 Å². The Morgan fingerprint density at radius 2 is 1.50 bits per heavy atom. The van der Waals surface area contributed by atoms with Crippen molar-refractivity contribution >= 4 is 29.9 Å². The van der Waals surface area contributed by atoms with Crippen molar-refractivity contribution < 1.29 is 43.7 Å². The summed E-state index contributed by atoms with van der Waals surface area (Å²) in [5.41, 5.74) is 4.94. The highest BCUT2D eigenvalue weighted by molar-refractivity contribution is 6.27. The lowest BCUT2D eigenvalue weighted by molar-refractivity contribution is -0.163. The van der Waals surface area contributed by atoms with Crippen LogP contribution >= 0.6 is 0 Å². The van der Waals surface area contributed by atoms with Crippen molar-refractivity contribution in [1.82, 2.24) is 10.2 Å². The summed E-state index contributed by atoms with van der Waals surface area (Å²) < 4.78 is 10.6. The Bertz CT molecular complexity index is 714. The smallest absolute Gasteiger partial charge is 0.414 e. The second-order valence-corrected chi connectivity index (χ2v) is 9.86. The van der Waals surface area contributed by atoms with E-state index in [1.165, 1.54) is 0 Å². The first kappa shape index (κ1) is 31.1. The van der Waals surface area contributed by atoms with Crippen molar-refractivity contribution in [2.24, 2.45) is 5.73 Å². The zero-order valence-electron chi connectivity index (χ0n) is 20.9. The molecule has 12 nitrogen and oxygen atoms in total. The molecular weight excluding hydrogens is 450 g/mol. The maximum absolute atomic E-state index is 12.7. The van der Waals surface area contributed by atoms with Gasteiger partial charge < -0.3 is 35.6 Å². The number of amides is 2. The third-order valence-electron chi connectivity index (χ3n) is 4.33. The van der Waals surface area contributed by atoms with Gasteiger partial charge in [-0.05, 0) is 73.6 Å². The van der Waals surface area contributed by atoms with E-state index in [-0.39, 0.29) is 11.9 Å². The number of carboxylic acid groups (broad SMARTS) is 2. The number of nitrogens with two attached hydrogens (primary N) is 1. The number of nitrogens with zero attached hydrogens (tertiary/aromatic N) is 1. The summed E-state index contributed by atoms with van der Waals surface area (Å²) >= 11 is 0. The minimum absolute atomic E-state index is 0.214. The van der Waals surface area contributed by atoms with E-state index in [1.807, 2.05) is 20.8 Å². The minimum Gasteiger partial charge on any atom is -0.473 e. The number of carboxylic acids is 2. The number of nitrogens with one attached hydrogen (secondary N) is 1. The largest absolute Gasteiger partial charge is 0.473 e. The van der Waals surface area contributed by atoms with E-state index >= 15 is 0 Å². The van der Waals surface area contributed by atoms with Crippen LogP contribution in [0.3, 0.4) is 0 Å². The van der Waals surface area contributed by atoms with E-state index in [1.54, 1.807) is 25.7 Å². The van der Waals surface area contributed by atoms with Gasteiger partial charge in [0.05, 0.1) is 6.04 Å². The molecule has 2 amide bonds. The van der Waals surface area contributed by atoms with Gasteiger partial charge in [-0.1, -0.05) is 0 Å². The fourth-order valence-electron chi connectivity index (χ4n) is 2.98. The molecule has 1 aliphatic heterocycles. The summed E-state index contributed by atoms with van der Waals surface area (Å²) in [6, 6.07) is -1.21. The number of unbranched alkanes of at least 4 members (excludes halogenated alkanes) is 1. The minimum atomic E-state index is -1.82. The average molecular weight is 490 g/mol. The molecule has 0 aliphatic carbocycles. The highest BCUT2D eigenvalue weighted by atomic mass is 16.6. The van der Waals surface area contributed by atoms with Crippen LogP contribution in [0.25, 0.3) is 0 Å². The number of carbonyl (C=O) groups excluding carboxylic acids is 3. The molecule has 0 unspecified atom stereocenters. The number of hydrogen-bond acceptors (Lipinski definition) is 8. The van der Waals surface area contributed by atoms with Crippen molar-refractivity contribution in [2.45, 2.75) is 96.9 Å². The molecule has 0 radical (unpaired) electrons. The van der Waals surface area contributed by atoms with E-state index < -0.39 is 41.3 Å². The van der Waals surface area contributed by atoms with Gasteiger partial charge in [-0.3, -0.25) is 4.79 Å². The molecule has 0 aromatic rings. The van der Waals surface area contributed by atoms with Gasteiger partial charge in [0.1, 0.15) is 17.2 Å². The van der Waals surface area contributed by atoms with Crippen LogP contribution in [0.15, 0.2) is 0 Å². The second kappa shape index (κ2) is 13.7. The molecular formula is C22H39N3O9. The van der Waals surface area contributed by atoms with E-state index in [4.69, 9.17) is 35.0 Å². The first-order valence-corrected chi connectivity index (χ1v) is 11.2. The molecule has 12 heteroatoms. The fraction of sp³-hybridized carbons (Fsp3) is 0.773. The summed E-state index contributed by atoms with van der Waals surface area (Å²) in [6.45, 7) is 11.8. The molecule has 0 aromatic carbocycles. The van der Waals surface area contributed by atoms with Crippen LogP contribution in [-0.4, -0.2) is 81.4 Å². The third kappa shape index (κ3) is 13.6. The van der Waals surface area contributed by atoms with Crippen molar-refractivity contribution in [3.63, 3.8) is 0 Å². The van der Waals surface area contributed by atoms with Crippen molar-refractivity contribution in [3.8, 4) is 0 Å². The lowest BCUT2D eigenvalue weighted by atomic mass is 10.1. The van der Waals surface area contributed by atoms with Gasteiger partial charge in [0.2, 0.25) is 5.91 Å². The second-order valence-electron chi connectivity index (χ2n) is 9.86. The van der Waals surface area contributed by atoms with E-state index in [0.29, 0.717) is 38.8 Å². The third-order valence-corrected chi connectivity index (χ3v) is 4.33. The zero-order chi connectivity index (χ0) is 26.7. The fourth-order valence-corrected chi connectivity index (χ4v) is 2.98. The lowest BCUT2D eigenvalue weighted by Gasteiger charge is -2.29. The number of hydrogen-bond donors (Lipinski definition) is 4. The van der Waals surface area contributed by atoms with Gasteiger partial charge in [0.15, 0.2) is 0 Å².